The summed E-state index contributed by atoms with van der Waals surface area (Å²) in [5.41, 5.74) is 0.484. The summed E-state index contributed by atoms with van der Waals surface area (Å²) in [6, 6.07) is 0. The molecule has 0 nitrogen and oxygen atoms in total. The van der Waals surface area contributed by atoms with Crippen LogP contribution >= 0.6 is 0 Å². The molecule has 0 spiro atoms. The van der Waals surface area contributed by atoms with E-state index in [4.69, 9.17) is 0 Å². The van der Waals surface area contributed by atoms with Gasteiger partial charge in [-0.2, -0.15) is 0 Å². The highest BCUT2D eigenvalue weighted by Crippen LogP contribution is 2.47. The first-order valence-corrected chi connectivity index (χ1v) is 3.88. The Morgan fingerprint density at radius 1 is 1.33 bits per heavy atom. The van der Waals surface area contributed by atoms with Gasteiger partial charge < -0.3 is 0 Å². The molecule has 1 aliphatic carbocycles. The van der Waals surface area contributed by atoms with E-state index < -0.39 is 0 Å². The lowest BCUT2D eigenvalue weighted by molar-refractivity contribution is 0.244. The van der Waals surface area contributed by atoms with Crippen molar-refractivity contribution in [2.45, 2.75) is 40.5 Å². The van der Waals surface area contributed by atoms with Gasteiger partial charge in [0.2, 0.25) is 0 Å². The van der Waals surface area contributed by atoms with Crippen LogP contribution in [0.25, 0.3) is 0 Å². The maximum atomic E-state index is 2.34. The molecule has 0 bridgehead atoms. The van der Waals surface area contributed by atoms with E-state index in [1.54, 1.807) is 5.92 Å². The highest BCUT2D eigenvalue weighted by atomic mass is 14.4. The van der Waals surface area contributed by atoms with Crippen LogP contribution in [0.4, 0.5) is 0 Å². The molecule has 0 amide bonds. The Morgan fingerprint density at radius 3 is 1.89 bits per heavy atom. The highest BCUT2D eigenvalue weighted by Gasteiger charge is 2.36. The minimum absolute atomic E-state index is 0.484. The lowest BCUT2D eigenvalue weighted by Crippen LogP contribution is -2.32. The lowest BCUT2D eigenvalue weighted by atomic mass is 9.62. The predicted molar refractivity (Wildman–Crippen MR) is 41.1 cm³/mol. The maximum Gasteiger partial charge on any atom is -0.0159 e. The molecule has 53 valence electrons. The molecule has 1 fully saturated rings. The zero-order valence-corrected chi connectivity index (χ0v) is 6.99. The van der Waals surface area contributed by atoms with Crippen molar-refractivity contribution >= 4 is 0 Å². The molecule has 0 heteroatoms. The average molecular weight is 125 g/mol. The third-order valence-corrected chi connectivity index (χ3v) is 2.40. The molecular formula is C9H17. The summed E-state index contributed by atoms with van der Waals surface area (Å²) in [5, 5.41) is 0. The van der Waals surface area contributed by atoms with Crippen LogP contribution in [-0.2, 0) is 0 Å². The minimum atomic E-state index is 0.484. The third kappa shape index (κ3) is 1.28. The van der Waals surface area contributed by atoms with Crippen LogP contribution in [0.1, 0.15) is 40.5 Å². The molecule has 1 aliphatic rings. The highest BCUT2D eigenvalue weighted by molar-refractivity contribution is 5.11. The van der Waals surface area contributed by atoms with Crippen molar-refractivity contribution < 1.29 is 0 Å². The predicted octanol–water partition coefficient (Wildman–Crippen LogP) is 3.04. The summed E-state index contributed by atoms with van der Waals surface area (Å²) >= 11 is 0. The van der Waals surface area contributed by atoms with Gasteiger partial charge in [-0.25, -0.2) is 0 Å². The van der Waals surface area contributed by atoms with Crippen molar-refractivity contribution in [1.29, 1.82) is 0 Å². The number of hydrogen-bond donors (Lipinski definition) is 0. The first kappa shape index (κ1) is 7.11. The Kier molecular flexibility index (Phi) is 1.58. The fourth-order valence-corrected chi connectivity index (χ4v) is 1.69. The van der Waals surface area contributed by atoms with Crippen molar-refractivity contribution in [3.8, 4) is 0 Å². The number of hydrogen-bond acceptors (Lipinski definition) is 0. The zero-order valence-electron chi connectivity index (χ0n) is 6.99. The molecule has 0 aromatic rings. The van der Waals surface area contributed by atoms with E-state index >= 15 is 0 Å². The molecule has 9 heavy (non-hydrogen) atoms. The second kappa shape index (κ2) is 2.00. The van der Waals surface area contributed by atoms with Gasteiger partial charge in [-0.15, -0.1) is 0 Å². The first-order chi connectivity index (χ1) is 4.02. The van der Waals surface area contributed by atoms with Gasteiger partial charge in [0.1, 0.15) is 0 Å². The molecule has 0 aliphatic heterocycles. The van der Waals surface area contributed by atoms with E-state index in [2.05, 4.69) is 27.7 Å². The largest absolute Gasteiger partial charge is 0.0619 e. The molecule has 0 heterocycles. The molecule has 0 aromatic heterocycles. The van der Waals surface area contributed by atoms with Gasteiger partial charge in [0.05, 0.1) is 0 Å². The summed E-state index contributed by atoms with van der Waals surface area (Å²) < 4.78 is 0. The fraction of sp³-hybridized carbons (Fsp3) is 0.889. The fourth-order valence-electron chi connectivity index (χ4n) is 1.69. The second-order valence-electron chi connectivity index (χ2n) is 4.21. The van der Waals surface area contributed by atoms with E-state index in [0.29, 0.717) is 5.41 Å². The van der Waals surface area contributed by atoms with Gasteiger partial charge in [-0.05, 0) is 30.1 Å². The summed E-state index contributed by atoms with van der Waals surface area (Å²) in [4.78, 5) is 0. The molecule has 1 unspecified atom stereocenters. The van der Waals surface area contributed by atoms with E-state index in [0.717, 1.165) is 5.92 Å². The maximum absolute atomic E-state index is 2.34. The monoisotopic (exact) mass is 125 g/mol. The summed E-state index contributed by atoms with van der Waals surface area (Å²) in [6.07, 6.45) is 2.80. The Hall–Kier alpha value is 0. The second-order valence-corrected chi connectivity index (χ2v) is 4.21. The van der Waals surface area contributed by atoms with E-state index in [1.165, 1.54) is 12.8 Å². The smallest absolute Gasteiger partial charge is 0.0159 e. The van der Waals surface area contributed by atoms with E-state index in [9.17, 15) is 0 Å². The standard InChI is InChI=1S/C9H17/c1-7-5-6-8(7)9(2,3)4/h7H,5-6H2,1-4H3. The molecular weight excluding hydrogens is 108 g/mol. The van der Waals surface area contributed by atoms with Crippen molar-refractivity contribution in [1.82, 2.24) is 0 Å². The molecule has 0 aromatic carbocycles. The Bertz CT molecular complexity index is 97.1. The van der Waals surface area contributed by atoms with Crippen molar-refractivity contribution in [3.63, 3.8) is 0 Å². The van der Waals surface area contributed by atoms with Crippen LogP contribution in [0, 0.1) is 17.3 Å². The van der Waals surface area contributed by atoms with Gasteiger partial charge in [0, 0.05) is 0 Å². The van der Waals surface area contributed by atoms with Crippen molar-refractivity contribution in [2.24, 2.45) is 11.3 Å². The zero-order chi connectivity index (χ0) is 7.07. The molecule has 1 rings (SSSR count). The molecule has 0 N–H and O–H groups in total. The summed E-state index contributed by atoms with van der Waals surface area (Å²) in [6.45, 7) is 9.29. The average Bonchev–Trinajstić information content (AvgIpc) is 1.57. The van der Waals surface area contributed by atoms with E-state index in [1.807, 2.05) is 0 Å². The van der Waals surface area contributed by atoms with Crippen LogP contribution in [0.2, 0.25) is 0 Å². The lowest BCUT2D eigenvalue weighted by Gasteiger charge is -2.43. The van der Waals surface area contributed by atoms with Crippen LogP contribution in [0.3, 0.4) is 0 Å². The van der Waals surface area contributed by atoms with Gasteiger partial charge in [0.25, 0.3) is 0 Å². The third-order valence-electron chi connectivity index (χ3n) is 2.40. The normalized spacial score (nSPS) is 30.0. The van der Waals surface area contributed by atoms with Crippen LogP contribution in [0.15, 0.2) is 0 Å². The minimum Gasteiger partial charge on any atom is -0.0619 e. The molecule has 1 saturated carbocycles. The first-order valence-electron chi connectivity index (χ1n) is 3.88. The summed E-state index contributed by atoms with van der Waals surface area (Å²) in [5.74, 6) is 2.67. The van der Waals surface area contributed by atoms with Gasteiger partial charge in [0.15, 0.2) is 0 Å². The Balaban J connectivity index is 2.44. The van der Waals surface area contributed by atoms with Crippen LogP contribution in [0.5, 0.6) is 0 Å². The van der Waals surface area contributed by atoms with Gasteiger partial charge in [-0.1, -0.05) is 27.7 Å². The van der Waals surface area contributed by atoms with Crippen LogP contribution < -0.4 is 0 Å². The van der Waals surface area contributed by atoms with E-state index in [-0.39, 0.29) is 0 Å². The topological polar surface area (TPSA) is 0 Å². The van der Waals surface area contributed by atoms with Crippen molar-refractivity contribution in [3.05, 3.63) is 5.92 Å². The Labute approximate surface area is 58.7 Å². The number of rotatable bonds is 0. The quantitative estimate of drug-likeness (QED) is 0.467. The van der Waals surface area contributed by atoms with Crippen molar-refractivity contribution in [2.75, 3.05) is 0 Å². The molecule has 1 atom stereocenters. The van der Waals surface area contributed by atoms with Gasteiger partial charge in [-0.3, -0.25) is 0 Å². The summed E-state index contributed by atoms with van der Waals surface area (Å²) in [7, 11) is 0. The van der Waals surface area contributed by atoms with Gasteiger partial charge >= 0.3 is 0 Å². The van der Waals surface area contributed by atoms with Crippen LogP contribution in [-0.4, -0.2) is 0 Å². The Morgan fingerprint density at radius 2 is 1.89 bits per heavy atom. The SMILES string of the molecule is CC1CC[C]1C(C)(C)C. The molecule has 1 radical (unpaired) electrons. The molecule has 0 saturated heterocycles.